The predicted molar refractivity (Wildman–Crippen MR) is 82.9 cm³/mol. The smallest absolute Gasteiger partial charge is 0.276 e. The minimum absolute atomic E-state index is 0.0178. The molecule has 6 nitrogen and oxygen atoms in total. The van der Waals surface area contributed by atoms with Crippen molar-refractivity contribution >= 4 is 5.91 Å². The van der Waals surface area contributed by atoms with Crippen LogP contribution in [0.3, 0.4) is 0 Å². The number of benzene rings is 1. The van der Waals surface area contributed by atoms with E-state index in [1.54, 1.807) is 0 Å². The predicted octanol–water partition coefficient (Wildman–Crippen LogP) is 1.44. The Bertz CT molecular complexity index is 679. The molecule has 4 N–H and O–H groups in total. The summed E-state index contributed by atoms with van der Waals surface area (Å²) in [7, 11) is 0. The third-order valence-corrected chi connectivity index (χ3v) is 4.23. The van der Waals surface area contributed by atoms with Crippen LogP contribution in [0.2, 0.25) is 0 Å². The summed E-state index contributed by atoms with van der Waals surface area (Å²) in [6.45, 7) is 2.30. The highest BCUT2D eigenvalue weighted by atomic mass is 16.3. The lowest BCUT2D eigenvalue weighted by molar-refractivity contribution is 0.0889. The van der Waals surface area contributed by atoms with Crippen LogP contribution in [-0.2, 0) is 0 Å². The van der Waals surface area contributed by atoms with Gasteiger partial charge in [0.1, 0.15) is 0 Å². The molecule has 1 unspecified atom stereocenters. The molecule has 3 rings (SSSR count). The van der Waals surface area contributed by atoms with Crippen LogP contribution < -0.4 is 11.1 Å². The summed E-state index contributed by atoms with van der Waals surface area (Å²) in [5.41, 5.74) is 6.16. The molecule has 1 amide bonds. The molecule has 1 saturated carbocycles. The van der Waals surface area contributed by atoms with Gasteiger partial charge in [-0.1, -0.05) is 18.2 Å². The second-order valence-electron chi connectivity index (χ2n) is 5.99. The van der Waals surface area contributed by atoms with Crippen molar-refractivity contribution in [3.63, 3.8) is 0 Å². The highest BCUT2D eigenvalue weighted by Gasteiger charge is 2.42. The Morgan fingerprint density at radius 3 is 2.73 bits per heavy atom. The Morgan fingerprint density at radius 2 is 2.14 bits per heavy atom. The number of para-hydroxylation sites is 1. The van der Waals surface area contributed by atoms with Gasteiger partial charge in [0.15, 0.2) is 11.4 Å². The summed E-state index contributed by atoms with van der Waals surface area (Å²) in [4.78, 5) is 12.4. The number of nitrogens with two attached hydrogens (primary N) is 1. The molecule has 1 aliphatic rings. The van der Waals surface area contributed by atoms with Crippen LogP contribution in [0.25, 0.3) is 5.69 Å². The summed E-state index contributed by atoms with van der Waals surface area (Å²) >= 11 is 0. The maximum atomic E-state index is 12.4. The normalized spacial score (nSPS) is 17.0. The summed E-state index contributed by atoms with van der Waals surface area (Å²) in [5.74, 6) is -0.136. The van der Waals surface area contributed by atoms with Gasteiger partial charge in [-0.25, -0.2) is 4.68 Å². The molecule has 1 heterocycles. The van der Waals surface area contributed by atoms with Crippen LogP contribution in [0.1, 0.15) is 30.3 Å². The first-order valence-corrected chi connectivity index (χ1v) is 7.40. The van der Waals surface area contributed by atoms with Crippen molar-refractivity contribution in [2.75, 3.05) is 6.54 Å². The van der Waals surface area contributed by atoms with Gasteiger partial charge < -0.3 is 16.2 Å². The van der Waals surface area contributed by atoms with E-state index in [9.17, 15) is 9.90 Å². The molecular weight excluding hydrogens is 280 g/mol. The lowest BCUT2D eigenvalue weighted by Crippen LogP contribution is -2.53. The second kappa shape index (κ2) is 5.46. The van der Waals surface area contributed by atoms with E-state index in [0.29, 0.717) is 12.5 Å². The standard InChI is InChI=1S/C16H20N4O2/c1-16(10-17,11-7-8-11)18-15(22)14-13(21)9-20(19-14)12-5-3-2-4-6-12/h2-6,9,11,21H,7-8,10,17H2,1H3,(H,18,22). The van der Waals surface area contributed by atoms with E-state index in [4.69, 9.17) is 5.73 Å². The average molecular weight is 300 g/mol. The molecule has 1 aliphatic carbocycles. The van der Waals surface area contributed by atoms with Gasteiger partial charge in [-0.05, 0) is 37.8 Å². The molecule has 0 bridgehead atoms. The quantitative estimate of drug-likeness (QED) is 0.779. The number of carbonyl (C=O) groups excluding carboxylic acids is 1. The summed E-state index contributed by atoms with van der Waals surface area (Å²) < 4.78 is 1.49. The summed E-state index contributed by atoms with van der Waals surface area (Å²) in [5, 5.41) is 17.1. The highest BCUT2D eigenvalue weighted by Crippen LogP contribution is 2.39. The van der Waals surface area contributed by atoms with Gasteiger partial charge in [-0.15, -0.1) is 0 Å². The van der Waals surface area contributed by atoms with Crippen molar-refractivity contribution in [2.24, 2.45) is 11.7 Å². The number of hydrogen-bond donors (Lipinski definition) is 3. The molecule has 1 aromatic heterocycles. The Hall–Kier alpha value is -2.34. The van der Waals surface area contributed by atoms with Crippen LogP contribution in [-0.4, -0.2) is 32.9 Å². The third-order valence-electron chi connectivity index (χ3n) is 4.23. The van der Waals surface area contributed by atoms with Crippen molar-refractivity contribution in [3.05, 3.63) is 42.2 Å². The number of amides is 1. The molecule has 0 aliphatic heterocycles. The van der Waals surface area contributed by atoms with E-state index >= 15 is 0 Å². The van der Waals surface area contributed by atoms with E-state index in [2.05, 4.69) is 10.4 Å². The molecule has 22 heavy (non-hydrogen) atoms. The van der Waals surface area contributed by atoms with Crippen molar-refractivity contribution in [1.29, 1.82) is 0 Å². The van der Waals surface area contributed by atoms with E-state index in [1.807, 2.05) is 37.3 Å². The largest absolute Gasteiger partial charge is 0.504 e. The van der Waals surface area contributed by atoms with Crippen molar-refractivity contribution < 1.29 is 9.90 Å². The zero-order chi connectivity index (χ0) is 15.7. The Kier molecular flexibility index (Phi) is 3.62. The van der Waals surface area contributed by atoms with Gasteiger partial charge in [0.2, 0.25) is 0 Å². The lowest BCUT2D eigenvalue weighted by Gasteiger charge is -2.29. The summed E-state index contributed by atoms with van der Waals surface area (Å²) in [6.07, 6.45) is 3.57. The highest BCUT2D eigenvalue weighted by molar-refractivity contribution is 5.95. The maximum Gasteiger partial charge on any atom is 0.276 e. The number of aromatic nitrogens is 2. The fourth-order valence-electron chi connectivity index (χ4n) is 2.60. The fourth-order valence-corrected chi connectivity index (χ4v) is 2.60. The molecule has 2 aromatic rings. The number of carbonyl (C=O) groups is 1. The minimum Gasteiger partial charge on any atom is -0.504 e. The van der Waals surface area contributed by atoms with Gasteiger partial charge in [0.25, 0.3) is 5.91 Å². The lowest BCUT2D eigenvalue weighted by atomic mass is 9.96. The van der Waals surface area contributed by atoms with Gasteiger partial charge in [0, 0.05) is 6.54 Å². The minimum atomic E-state index is -0.444. The van der Waals surface area contributed by atoms with E-state index in [0.717, 1.165) is 18.5 Å². The number of rotatable bonds is 5. The molecule has 6 heteroatoms. The fraction of sp³-hybridized carbons (Fsp3) is 0.375. The number of aromatic hydroxyl groups is 1. The van der Waals surface area contributed by atoms with Gasteiger partial charge in [-0.3, -0.25) is 4.79 Å². The first kappa shape index (κ1) is 14.6. The Morgan fingerprint density at radius 1 is 1.45 bits per heavy atom. The number of nitrogens with one attached hydrogen (secondary N) is 1. The molecule has 1 atom stereocenters. The van der Waals surface area contributed by atoms with E-state index in [-0.39, 0.29) is 11.4 Å². The number of nitrogens with zero attached hydrogens (tertiary/aromatic N) is 2. The first-order valence-electron chi connectivity index (χ1n) is 7.40. The molecule has 1 aromatic carbocycles. The van der Waals surface area contributed by atoms with Gasteiger partial charge in [-0.2, -0.15) is 5.10 Å². The maximum absolute atomic E-state index is 12.4. The zero-order valence-corrected chi connectivity index (χ0v) is 12.5. The molecule has 0 spiro atoms. The first-order chi connectivity index (χ1) is 10.5. The molecule has 0 radical (unpaired) electrons. The molecule has 116 valence electrons. The average Bonchev–Trinajstić information content (AvgIpc) is 3.31. The van der Waals surface area contributed by atoms with E-state index < -0.39 is 11.4 Å². The SMILES string of the molecule is CC(CN)(NC(=O)c1nn(-c2ccccc2)cc1O)C1CC1. The molecular formula is C16H20N4O2. The summed E-state index contributed by atoms with van der Waals surface area (Å²) in [6, 6.07) is 9.33. The van der Waals surface area contributed by atoms with Crippen LogP contribution in [0.5, 0.6) is 5.75 Å². The monoisotopic (exact) mass is 300 g/mol. The van der Waals surface area contributed by atoms with Crippen LogP contribution in [0.15, 0.2) is 36.5 Å². The zero-order valence-electron chi connectivity index (χ0n) is 12.5. The van der Waals surface area contributed by atoms with Crippen molar-refractivity contribution in [2.45, 2.75) is 25.3 Å². The second-order valence-corrected chi connectivity index (χ2v) is 5.99. The van der Waals surface area contributed by atoms with Gasteiger partial charge >= 0.3 is 0 Å². The van der Waals surface area contributed by atoms with Crippen LogP contribution >= 0.6 is 0 Å². The van der Waals surface area contributed by atoms with Crippen LogP contribution in [0, 0.1) is 5.92 Å². The Labute approximate surface area is 128 Å². The Balaban J connectivity index is 1.83. The molecule has 0 saturated heterocycles. The molecule has 1 fully saturated rings. The third kappa shape index (κ3) is 2.69. The van der Waals surface area contributed by atoms with Crippen molar-refractivity contribution in [1.82, 2.24) is 15.1 Å². The van der Waals surface area contributed by atoms with Gasteiger partial charge in [0.05, 0.1) is 17.4 Å². The topological polar surface area (TPSA) is 93.2 Å². The number of hydrogen-bond acceptors (Lipinski definition) is 4. The van der Waals surface area contributed by atoms with E-state index in [1.165, 1.54) is 10.9 Å². The van der Waals surface area contributed by atoms with Crippen LogP contribution in [0.4, 0.5) is 0 Å². The van der Waals surface area contributed by atoms with Crippen molar-refractivity contribution in [3.8, 4) is 11.4 Å².